The lowest BCUT2D eigenvalue weighted by Crippen LogP contribution is -2.05. The summed E-state index contributed by atoms with van der Waals surface area (Å²) < 4.78 is 28.4. The number of hydrogen-bond donors (Lipinski definition) is 0. The number of alkyl halides is 2. The van der Waals surface area contributed by atoms with Gasteiger partial charge in [-0.1, -0.05) is 12.1 Å². The molecule has 84 valence electrons. The molecular weight excluding hydrogens is 216 g/mol. The van der Waals surface area contributed by atoms with Gasteiger partial charge < -0.3 is 4.74 Å². The molecule has 0 N–H and O–H groups in total. The van der Waals surface area contributed by atoms with Crippen LogP contribution < -0.4 is 4.74 Å². The van der Waals surface area contributed by atoms with Crippen molar-refractivity contribution in [2.75, 3.05) is 0 Å². The molecule has 1 aromatic rings. The average molecular weight is 225 g/mol. The Hall–Kier alpha value is -1.96. The minimum absolute atomic E-state index is 0.0464. The fraction of sp³-hybridized carbons (Fsp3) is 0.273. The van der Waals surface area contributed by atoms with Crippen LogP contribution in [0.25, 0.3) is 0 Å². The van der Waals surface area contributed by atoms with Gasteiger partial charge in [0, 0.05) is 12.0 Å². The van der Waals surface area contributed by atoms with Gasteiger partial charge in [-0.3, -0.25) is 4.79 Å². The highest BCUT2D eigenvalue weighted by Gasteiger charge is 2.10. The van der Waals surface area contributed by atoms with Crippen LogP contribution in [-0.2, 0) is 6.42 Å². The summed E-state index contributed by atoms with van der Waals surface area (Å²) in [7, 11) is 0. The molecule has 0 saturated carbocycles. The third-order valence-corrected chi connectivity index (χ3v) is 1.95. The molecule has 0 saturated heterocycles. The third-order valence-electron chi connectivity index (χ3n) is 1.95. The maximum atomic E-state index is 12.1. The topological polar surface area (TPSA) is 50.1 Å². The van der Waals surface area contributed by atoms with E-state index in [-0.39, 0.29) is 17.7 Å². The molecule has 0 atom stereocenters. The lowest BCUT2D eigenvalue weighted by atomic mass is 10.1. The summed E-state index contributed by atoms with van der Waals surface area (Å²) in [4.78, 5) is 10.5. The number of rotatable bonds is 5. The summed E-state index contributed by atoms with van der Waals surface area (Å²) in [5.41, 5.74) is 0.754. The molecule has 1 rings (SSSR count). The van der Waals surface area contributed by atoms with Gasteiger partial charge in [0.2, 0.25) is 0 Å². The van der Waals surface area contributed by atoms with Crippen LogP contribution in [0.2, 0.25) is 0 Å². The van der Waals surface area contributed by atoms with E-state index < -0.39 is 6.61 Å². The number of carbonyl (C=O) groups excluding carboxylic acids is 1. The van der Waals surface area contributed by atoms with Crippen molar-refractivity contribution < 1.29 is 18.3 Å². The maximum absolute atomic E-state index is 12.1. The summed E-state index contributed by atoms with van der Waals surface area (Å²) in [6, 6.07) is 6.17. The summed E-state index contributed by atoms with van der Waals surface area (Å²) in [6.45, 7) is -2.94. The molecule has 16 heavy (non-hydrogen) atoms. The monoisotopic (exact) mass is 225 g/mol. The van der Waals surface area contributed by atoms with Gasteiger partial charge in [-0.25, -0.2) is 0 Å². The minimum Gasteiger partial charge on any atom is -0.435 e. The van der Waals surface area contributed by atoms with Gasteiger partial charge in [-0.05, 0) is 18.1 Å². The van der Waals surface area contributed by atoms with Crippen molar-refractivity contribution in [2.45, 2.75) is 19.5 Å². The van der Waals surface area contributed by atoms with Gasteiger partial charge in [-0.15, -0.1) is 0 Å². The van der Waals surface area contributed by atoms with Crippen molar-refractivity contribution in [3.63, 3.8) is 0 Å². The van der Waals surface area contributed by atoms with Crippen molar-refractivity contribution in [3.05, 3.63) is 29.3 Å². The second kappa shape index (κ2) is 5.81. The van der Waals surface area contributed by atoms with E-state index in [9.17, 15) is 13.6 Å². The number of benzene rings is 1. The smallest absolute Gasteiger partial charge is 0.387 e. The molecule has 0 aliphatic rings. The van der Waals surface area contributed by atoms with E-state index in [0.717, 1.165) is 0 Å². The van der Waals surface area contributed by atoms with Gasteiger partial charge in [0.15, 0.2) is 0 Å². The molecule has 0 fully saturated rings. The van der Waals surface area contributed by atoms with Crippen LogP contribution >= 0.6 is 0 Å². The van der Waals surface area contributed by atoms with Crippen LogP contribution in [0.1, 0.15) is 22.3 Å². The summed E-state index contributed by atoms with van der Waals surface area (Å²) in [5, 5.41) is 8.41. The molecule has 3 nitrogen and oxygen atoms in total. The Bertz CT molecular complexity index is 413. The molecular formula is C11H9F2NO2. The average Bonchev–Trinajstić information content (AvgIpc) is 2.26. The van der Waals surface area contributed by atoms with E-state index in [1.165, 1.54) is 18.2 Å². The van der Waals surface area contributed by atoms with E-state index in [1.807, 2.05) is 6.07 Å². The number of halogens is 2. The highest BCUT2D eigenvalue weighted by Crippen LogP contribution is 2.23. The van der Waals surface area contributed by atoms with E-state index in [1.54, 1.807) is 0 Å². The number of hydrogen-bond acceptors (Lipinski definition) is 3. The summed E-state index contributed by atoms with van der Waals surface area (Å²) in [5.74, 6) is -0.0464. The van der Waals surface area contributed by atoms with Gasteiger partial charge in [-0.2, -0.15) is 14.0 Å². The van der Waals surface area contributed by atoms with Crippen LogP contribution in [0, 0.1) is 11.3 Å². The van der Waals surface area contributed by atoms with Crippen LogP contribution in [-0.4, -0.2) is 12.9 Å². The van der Waals surface area contributed by atoms with Crippen molar-refractivity contribution in [1.29, 1.82) is 5.26 Å². The Labute approximate surface area is 91.3 Å². The Balaban J connectivity index is 2.96. The van der Waals surface area contributed by atoms with E-state index in [2.05, 4.69) is 4.74 Å². The first kappa shape index (κ1) is 12.1. The molecule has 0 amide bonds. The van der Waals surface area contributed by atoms with Crippen molar-refractivity contribution in [3.8, 4) is 11.8 Å². The molecule has 0 heterocycles. The molecule has 0 aliphatic carbocycles. The first-order valence-electron chi connectivity index (χ1n) is 4.57. The van der Waals surface area contributed by atoms with Crippen molar-refractivity contribution in [2.24, 2.45) is 0 Å². The number of nitriles is 1. The van der Waals surface area contributed by atoms with E-state index in [0.29, 0.717) is 18.3 Å². The fourth-order valence-electron chi connectivity index (χ4n) is 1.25. The van der Waals surface area contributed by atoms with Crippen LogP contribution in [0.15, 0.2) is 18.2 Å². The van der Waals surface area contributed by atoms with E-state index in [4.69, 9.17) is 5.26 Å². The van der Waals surface area contributed by atoms with Gasteiger partial charge >= 0.3 is 6.61 Å². The summed E-state index contributed by atoms with van der Waals surface area (Å²) >= 11 is 0. The van der Waals surface area contributed by atoms with E-state index >= 15 is 0 Å². The molecule has 0 unspecified atom stereocenters. The Morgan fingerprint density at radius 1 is 1.50 bits per heavy atom. The van der Waals surface area contributed by atoms with Crippen LogP contribution in [0.3, 0.4) is 0 Å². The van der Waals surface area contributed by atoms with Crippen molar-refractivity contribution in [1.82, 2.24) is 0 Å². The zero-order chi connectivity index (χ0) is 12.0. The first-order valence-corrected chi connectivity index (χ1v) is 4.57. The number of aldehydes is 1. The second-order valence-corrected chi connectivity index (χ2v) is 3.02. The third kappa shape index (κ3) is 3.31. The molecule has 5 heteroatoms. The normalized spacial score (nSPS) is 9.88. The molecule has 0 bridgehead atoms. The largest absolute Gasteiger partial charge is 0.435 e. The first-order chi connectivity index (χ1) is 7.67. The lowest BCUT2D eigenvalue weighted by Gasteiger charge is -2.09. The molecule has 0 aliphatic heterocycles. The van der Waals surface area contributed by atoms with Gasteiger partial charge in [0.25, 0.3) is 0 Å². The Morgan fingerprint density at radius 2 is 2.25 bits per heavy atom. The molecule has 0 spiro atoms. The maximum Gasteiger partial charge on any atom is 0.387 e. The zero-order valence-electron chi connectivity index (χ0n) is 8.32. The number of nitrogens with zero attached hydrogens (tertiary/aromatic N) is 1. The Morgan fingerprint density at radius 3 is 2.81 bits per heavy atom. The van der Waals surface area contributed by atoms with Crippen LogP contribution in [0.5, 0.6) is 5.75 Å². The number of aryl methyl sites for hydroxylation is 1. The lowest BCUT2D eigenvalue weighted by molar-refractivity contribution is -0.0504. The van der Waals surface area contributed by atoms with Gasteiger partial charge in [0.1, 0.15) is 12.0 Å². The fourth-order valence-corrected chi connectivity index (χ4v) is 1.25. The quantitative estimate of drug-likeness (QED) is 0.723. The molecule has 1 aromatic carbocycles. The minimum atomic E-state index is -2.94. The SMILES string of the molecule is N#CCCc1ccc(C=O)cc1OC(F)F. The number of carbonyl (C=O) groups is 1. The molecule has 0 aromatic heterocycles. The predicted molar refractivity (Wildman–Crippen MR) is 52.4 cm³/mol. The summed E-state index contributed by atoms with van der Waals surface area (Å²) in [6.07, 6.45) is 1.07. The second-order valence-electron chi connectivity index (χ2n) is 3.02. The highest BCUT2D eigenvalue weighted by atomic mass is 19.3. The van der Waals surface area contributed by atoms with Crippen LogP contribution in [0.4, 0.5) is 8.78 Å². The molecule has 0 radical (unpaired) electrons. The van der Waals surface area contributed by atoms with Crippen molar-refractivity contribution >= 4 is 6.29 Å². The number of ether oxygens (including phenoxy) is 1. The zero-order valence-corrected chi connectivity index (χ0v) is 8.32. The highest BCUT2D eigenvalue weighted by molar-refractivity contribution is 5.75. The Kier molecular flexibility index (Phi) is 4.40. The van der Waals surface area contributed by atoms with Gasteiger partial charge in [0.05, 0.1) is 6.07 Å². The predicted octanol–water partition coefficient (Wildman–Crippen LogP) is 2.56. The standard InChI is InChI=1S/C11H9F2NO2/c12-11(13)16-10-6-8(7-15)3-4-9(10)2-1-5-14/h3-4,6-7,11H,1-2H2.